The zero-order valence-corrected chi connectivity index (χ0v) is 10.8. The Labute approximate surface area is 106 Å². The van der Waals surface area contributed by atoms with E-state index in [1.807, 2.05) is 18.7 Å². The molecule has 0 bridgehead atoms. The Kier molecular flexibility index (Phi) is 4.85. The predicted molar refractivity (Wildman–Crippen MR) is 69.7 cm³/mol. The average molecular weight is 254 g/mol. The van der Waals surface area contributed by atoms with Crippen LogP contribution in [0.25, 0.3) is 0 Å². The SMILES string of the molecule is COCCN(c1ccc([N+](=O)[O-])c(N)n1)C(C)C. The maximum atomic E-state index is 10.7. The topological polar surface area (TPSA) is 94.5 Å². The van der Waals surface area contributed by atoms with Crippen LogP contribution < -0.4 is 10.6 Å². The molecule has 1 heterocycles. The molecule has 1 rings (SSSR count). The molecular formula is C11H18N4O3. The van der Waals surface area contributed by atoms with Gasteiger partial charge in [0.2, 0.25) is 5.82 Å². The summed E-state index contributed by atoms with van der Waals surface area (Å²) in [5, 5.41) is 10.7. The molecule has 0 atom stereocenters. The number of nitro groups is 1. The molecule has 1 aromatic rings. The highest BCUT2D eigenvalue weighted by atomic mass is 16.6. The minimum atomic E-state index is -0.541. The van der Waals surface area contributed by atoms with Gasteiger partial charge in [-0.2, -0.15) is 0 Å². The summed E-state index contributed by atoms with van der Waals surface area (Å²) < 4.78 is 5.03. The van der Waals surface area contributed by atoms with Gasteiger partial charge in [-0.25, -0.2) is 4.98 Å². The van der Waals surface area contributed by atoms with Gasteiger partial charge in [0.25, 0.3) is 0 Å². The van der Waals surface area contributed by atoms with E-state index in [0.29, 0.717) is 19.0 Å². The Morgan fingerprint density at radius 1 is 1.56 bits per heavy atom. The molecule has 0 fully saturated rings. The van der Waals surface area contributed by atoms with Crippen molar-refractivity contribution < 1.29 is 9.66 Å². The fourth-order valence-corrected chi connectivity index (χ4v) is 1.60. The number of nitrogens with zero attached hydrogens (tertiary/aromatic N) is 3. The lowest BCUT2D eigenvalue weighted by atomic mass is 10.3. The molecule has 0 aliphatic carbocycles. The predicted octanol–water partition coefficient (Wildman–Crippen LogP) is 1.43. The normalized spacial score (nSPS) is 10.7. The molecule has 2 N–H and O–H groups in total. The van der Waals surface area contributed by atoms with Crippen molar-refractivity contribution in [2.24, 2.45) is 0 Å². The molecule has 0 aliphatic rings. The van der Waals surface area contributed by atoms with E-state index in [-0.39, 0.29) is 17.5 Å². The number of nitrogens with two attached hydrogens (primary N) is 1. The number of pyridine rings is 1. The first-order chi connectivity index (χ1) is 8.47. The van der Waals surface area contributed by atoms with Crippen molar-refractivity contribution in [3.05, 3.63) is 22.2 Å². The van der Waals surface area contributed by atoms with Crippen molar-refractivity contribution in [1.29, 1.82) is 0 Å². The summed E-state index contributed by atoms with van der Waals surface area (Å²) in [6, 6.07) is 3.18. The molecule has 0 saturated heterocycles. The molecule has 18 heavy (non-hydrogen) atoms. The number of hydrogen-bond donors (Lipinski definition) is 1. The van der Waals surface area contributed by atoms with Gasteiger partial charge < -0.3 is 15.4 Å². The van der Waals surface area contributed by atoms with Gasteiger partial charge in [0.05, 0.1) is 11.5 Å². The Morgan fingerprint density at radius 3 is 2.67 bits per heavy atom. The second-order valence-corrected chi connectivity index (χ2v) is 4.11. The van der Waals surface area contributed by atoms with Crippen LogP contribution in [-0.2, 0) is 4.74 Å². The van der Waals surface area contributed by atoms with Gasteiger partial charge in [-0.1, -0.05) is 0 Å². The smallest absolute Gasteiger partial charge is 0.311 e. The van der Waals surface area contributed by atoms with Gasteiger partial charge in [0.1, 0.15) is 5.82 Å². The maximum Gasteiger partial charge on any atom is 0.311 e. The molecule has 0 radical (unpaired) electrons. The van der Waals surface area contributed by atoms with Gasteiger partial charge in [-0.15, -0.1) is 0 Å². The fourth-order valence-electron chi connectivity index (χ4n) is 1.60. The van der Waals surface area contributed by atoms with E-state index in [1.165, 1.54) is 6.07 Å². The van der Waals surface area contributed by atoms with Gasteiger partial charge >= 0.3 is 5.69 Å². The summed E-state index contributed by atoms with van der Waals surface area (Å²) in [6.07, 6.45) is 0. The lowest BCUT2D eigenvalue weighted by Gasteiger charge is -2.27. The summed E-state index contributed by atoms with van der Waals surface area (Å²) in [6.45, 7) is 5.22. The highest BCUT2D eigenvalue weighted by molar-refractivity contribution is 5.58. The van der Waals surface area contributed by atoms with E-state index in [2.05, 4.69) is 4.98 Å². The van der Waals surface area contributed by atoms with Crippen molar-refractivity contribution in [1.82, 2.24) is 4.98 Å². The third-order valence-electron chi connectivity index (χ3n) is 2.54. The van der Waals surface area contributed by atoms with Crippen LogP contribution in [0.15, 0.2) is 12.1 Å². The zero-order chi connectivity index (χ0) is 13.7. The number of aromatic nitrogens is 1. The van der Waals surface area contributed by atoms with Crippen LogP contribution in [0.3, 0.4) is 0 Å². The van der Waals surface area contributed by atoms with Crippen molar-refractivity contribution in [2.75, 3.05) is 30.9 Å². The first-order valence-electron chi connectivity index (χ1n) is 5.63. The second kappa shape index (κ2) is 6.15. The summed E-state index contributed by atoms with van der Waals surface area (Å²) in [5.41, 5.74) is 5.41. The van der Waals surface area contributed by atoms with Gasteiger partial charge in [-0.05, 0) is 19.9 Å². The Hall–Kier alpha value is -1.89. The lowest BCUT2D eigenvalue weighted by molar-refractivity contribution is -0.384. The van der Waals surface area contributed by atoms with Crippen molar-refractivity contribution in [3.63, 3.8) is 0 Å². The number of ether oxygens (including phenoxy) is 1. The summed E-state index contributed by atoms with van der Waals surface area (Å²) >= 11 is 0. The van der Waals surface area contributed by atoms with Crippen LogP contribution >= 0.6 is 0 Å². The summed E-state index contributed by atoms with van der Waals surface area (Å²) in [5.74, 6) is 0.547. The highest BCUT2D eigenvalue weighted by Crippen LogP contribution is 2.23. The van der Waals surface area contributed by atoms with E-state index in [1.54, 1.807) is 13.2 Å². The Bertz CT molecular complexity index is 423. The quantitative estimate of drug-likeness (QED) is 0.609. The van der Waals surface area contributed by atoms with Crippen LogP contribution in [0.2, 0.25) is 0 Å². The Morgan fingerprint density at radius 2 is 2.22 bits per heavy atom. The first kappa shape index (κ1) is 14.2. The van der Waals surface area contributed by atoms with Gasteiger partial charge in [0, 0.05) is 25.8 Å². The lowest BCUT2D eigenvalue weighted by Crippen LogP contribution is -2.34. The standard InChI is InChI=1S/C11H18N4O3/c1-8(2)14(6-7-18-3)10-5-4-9(15(16)17)11(12)13-10/h4-5,8H,6-7H2,1-3H3,(H2,12,13). The van der Waals surface area contributed by atoms with Crippen LogP contribution in [-0.4, -0.2) is 36.2 Å². The molecule has 0 amide bonds. The second-order valence-electron chi connectivity index (χ2n) is 4.11. The van der Waals surface area contributed by atoms with Crippen LogP contribution in [0.4, 0.5) is 17.3 Å². The Balaban J connectivity index is 2.99. The monoisotopic (exact) mass is 254 g/mol. The maximum absolute atomic E-state index is 10.7. The molecule has 7 heteroatoms. The number of hydrogen-bond acceptors (Lipinski definition) is 6. The van der Waals surface area contributed by atoms with Gasteiger partial charge in [-0.3, -0.25) is 10.1 Å². The fraction of sp³-hybridized carbons (Fsp3) is 0.545. The minimum Gasteiger partial charge on any atom is -0.383 e. The number of anilines is 2. The van der Waals surface area contributed by atoms with Crippen LogP contribution in [0, 0.1) is 10.1 Å². The molecule has 7 nitrogen and oxygen atoms in total. The van der Waals surface area contributed by atoms with Crippen molar-refractivity contribution >= 4 is 17.3 Å². The van der Waals surface area contributed by atoms with E-state index >= 15 is 0 Å². The number of nitrogen functional groups attached to an aromatic ring is 1. The van der Waals surface area contributed by atoms with Crippen LogP contribution in [0.1, 0.15) is 13.8 Å². The van der Waals surface area contributed by atoms with Crippen molar-refractivity contribution in [3.8, 4) is 0 Å². The van der Waals surface area contributed by atoms with Crippen molar-refractivity contribution in [2.45, 2.75) is 19.9 Å². The minimum absolute atomic E-state index is 0.0689. The molecule has 0 saturated carbocycles. The number of methoxy groups -OCH3 is 1. The molecule has 0 spiro atoms. The van der Waals surface area contributed by atoms with E-state index < -0.39 is 4.92 Å². The van der Waals surface area contributed by atoms with E-state index in [4.69, 9.17) is 10.5 Å². The van der Waals surface area contributed by atoms with Crippen LogP contribution in [0.5, 0.6) is 0 Å². The summed E-state index contributed by atoms with van der Waals surface area (Å²) in [7, 11) is 1.62. The summed E-state index contributed by atoms with van der Waals surface area (Å²) in [4.78, 5) is 16.2. The molecule has 0 aliphatic heterocycles. The molecule has 0 aromatic carbocycles. The van der Waals surface area contributed by atoms with Gasteiger partial charge in [0.15, 0.2) is 0 Å². The highest BCUT2D eigenvalue weighted by Gasteiger charge is 2.17. The molecule has 0 unspecified atom stereocenters. The van der Waals surface area contributed by atoms with E-state index in [0.717, 1.165) is 0 Å². The van der Waals surface area contributed by atoms with E-state index in [9.17, 15) is 10.1 Å². The first-order valence-corrected chi connectivity index (χ1v) is 5.63. The average Bonchev–Trinajstić information content (AvgIpc) is 2.28. The molecular weight excluding hydrogens is 236 g/mol. The largest absolute Gasteiger partial charge is 0.383 e. The molecule has 1 aromatic heterocycles. The number of rotatable bonds is 6. The third kappa shape index (κ3) is 3.30. The zero-order valence-electron chi connectivity index (χ0n) is 10.8. The molecule has 100 valence electrons. The third-order valence-corrected chi connectivity index (χ3v) is 2.54.